The SMILES string of the molecule is CCOc1ccc(/C=C2/SC(=Nc3ccc(C)cc3)N([C@H](C)CC)C2=O)cc1OC. The van der Waals surface area contributed by atoms with Crippen LogP contribution in [0.15, 0.2) is 52.4 Å². The molecule has 0 spiro atoms. The number of nitrogens with zero attached hydrogens (tertiary/aromatic N) is 2. The highest BCUT2D eigenvalue weighted by molar-refractivity contribution is 8.18. The fourth-order valence-corrected chi connectivity index (χ4v) is 4.16. The summed E-state index contributed by atoms with van der Waals surface area (Å²) in [5, 5.41) is 0.711. The quantitative estimate of drug-likeness (QED) is 0.527. The summed E-state index contributed by atoms with van der Waals surface area (Å²) in [7, 11) is 1.61. The monoisotopic (exact) mass is 424 g/mol. The maximum atomic E-state index is 13.2. The summed E-state index contributed by atoms with van der Waals surface area (Å²) in [5.41, 5.74) is 2.90. The normalized spacial score (nSPS) is 17.6. The van der Waals surface area contributed by atoms with Crippen molar-refractivity contribution in [3.8, 4) is 11.5 Å². The van der Waals surface area contributed by atoms with Crippen molar-refractivity contribution in [2.24, 2.45) is 4.99 Å². The standard InChI is InChI=1S/C24H28N2O3S/c1-6-17(4)26-23(27)22(30-24(26)25-19-11-8-16(3)9-12-19)15-18-10-13-20(29-7-2)21(14-18)28-5/h8-15,17H,6-7H2,1-5H3/b22-15+,25-24?/t17-/m1/s1. The van der Waals surface area contributed by atoms with Gasteiger partial charge in [0.2, 0.25) is 0 Å². The highest BCUT2D eigenvalue weighted by Crippen LogP contribution is 2.37. The molecule has 1 atom stereocenters. The molecule has 158 valence electrons. The molecule has 1 amide bonds. The Kier molecular flexibility index (Phi) is 7.21. The van der Waals surface area contributed by atoms with Crippen LogP contribution in [0.4, 0.5) is 5.69 Å². The van der Waals surface area contributed by atoms with Crippen LogP contribution >= 0.6 is 11.8 Å². The molecule has 2 aromatic rings. The molecule has 30 heavy (non-hydrogen) atoms. The number of aryl methyl sites for hydroxylation is 1. The Bertz CT molecular complexity index is 967. The van der Waals surface area contributed by atoms with E-state index in [1.807, 2.05) is 69.3 Å². The Balaban J connectivity index is 1.96. The lowest BCUT2D eigenvalue weighted by Gasteiger charge is -2.22. The summed E-state index contributed by atoms with van der Waals surface area (Å²) >= 11 is 1.41. The Labute approximate surface area is 182 Å². The zero-order valence-corrected chi connectivity index (χ0v) is 19.0. The molecule has 0 aliphatic carbocycles. The number of hydrogen-bond donors (Lipinski definition) is 0. The lowest BCUT2D eigenvalue weighted by Crippen LogP contribution is -2.36. The Morgan fingerprint density at radius 2 is 1.87 bits per heavy atom. The number of rotatable bonds is 7. The number of carbonyl (C=O) groups is 1. The number of methoxy groups -OCH3 is 1. The fraction of sp³-hybridized carbons (Fsp3) is 0.333. The zero-order valence-electron chi connectivity index (χ0n) is 18.1. The van der Waals surface area contributed by atoms with E-state index in [0.29, 0.717) is 28.2 Å². The van der Waals surface area contributed by atoms with Crippen molar-refractivity contribution in [3.63, 3.8) is 0 Å². The van der Waals surface area contributed by atoms with Gasteiger partial charge in [-0.2, -0.15) is 0 Å². The summed E-state index contributed by atoms with van der Waals surface area (Å²) in [5.74, 6) is 1.32. The minimum Gasteiger partial charge on any atom is -0.493 e. The zero-order chi connectivity index (χ0) is 21.7. The molecule has 0 N–H and O–H groups in total. The van der Waals surface area contributed by atoms with Gasteiger partial charge in [0.25, 0.3) is 5.91 Å². The van der Waals surface area contributed by atoms with Crippen molar-refractivity contribution in [2.45, 2.75) is 40.2 Å². The van der Waals surface area contributed by atoms with Gasteiger partial charge < -0.3 is 9.47 Å². The van der Waals surface area contributed by atoms with E-state index in [1.54, 1.807) is 12.0 Å². The first kappa shape index (κ1) is 22.0. The molecule has 0 bridgehead atoms. The van der Waals surface area contributed by atoms with E-state index in [2.05, 4.69) is 6.92 Å². The first-order valence-electron chi connectivity index (χ1n) is 10.2. The number of hydrogen-bond acceptors (Lipinski definition) is 5. The average Bonchev–Trinajstić information content (AvgIpc) is 3.05. The number of aliphatic imine (C=N–C) groups is 1. The maximum Gasteiger partial charge on any atom is 0.266 e. The molecule has 2 aromatic carbocycles. The van der Waals surface area contributed by atoms with Gasteiger partial charge in [-0.05, 0) is 74.9 Å². The van der Waals surface area contributed by atoms with E-state index in [4.69, 9.17) is 14.5 Å². The van der Waals surface area contributed by atoms with Gasteiger partial charge in [0, 0.05) is 6.04 Å². The molecule has 1 fully saturated rings. The van der Waals surface area contributed by atoms with Crippen molar-refractivity contribution in [2.75, 3.05) is 13.7 Å². The third-order valence-corrected chi connectivity index (χ3v) is 5.90. The second-order valence-corrected chi connectivity index (χ2v) is 8.13. The van der Waals surface area contributed by atoms with Crippen LogP contribution in [0.3, 0.4) is 0 Å². The molecule has 0 saturated carbocycles. The lowest BCUT2D eigenvalue weighted by atomic mass is 10.1. The van der Waals surface area contributed by atoms with E-state index >= 15 is 0 Å². The van der Waals surface area contributed by atoms with Crippen molar-refractivity contribution in [1.29, 1.82) is 0 Å². The number of carbonyl (C=O) groups excluding carboxylic acids is 1. The smallest absolute Gasteiger partial charge is 0.266 e. The van der Waals surface area contributed by atoms with E-state index in [1.165, 1.54) is 17.3 Å². The highest BCUT2D eigenvalue weighted by Gasteiger charge is 2.36. The second-order valence-electron chi connectivity index (χ2n) is 7.12. The Morgan fingerprint density at radius 1 is 1.13 bits per heavy atom. The Morgan fingerprint density at radius 3 is 2.50 bits per heavy atom. The third kappa shape index (κ3) is 4.87. The maximum absolute atomic E-state index is 13.2. The number of ether oxygens (including phenoxy) is 2. The van der Waals surface area contributed by atoms with Crippen LogP contribution in [-0.4, -0.2) is 35.7 Å². The van der Waals surface area contributed by atoms with Gasteiger partial charge in [-0.1, -0.05) is 30.7 Å². The van der Waals surface area contributed by atoms with E-state index in [0.717, 1.165) is 17.7 Å². The second kappa shape index (κ2) is 9.85. The van der Waals surface area contributed by atoms with Gasteiger partial charge in [0.15, 0.2) is 16.7 Å². The molecule has 1 aliphatic rings. The van der Waals surface area contributed by atoms with Crippen molar-refractivity contribution >= 4 is 34.6 Å². The fourth-order valence-electron chi connectivity index (χ4n) is 3.07. The molecule has 1 heterocycles. The molecule has 0 unspecified atom stereocenters. The molecule has 1 saturated heterocycles. The third-order valence-electron chi connectivity index (χ3n) is 4.91. The Hall–Kier alpha value is -2.73. The summed E-state index contributed by atoms with van der Waals surface area (Å²) in [6.45, 7) is 8.66. The summed E-state index contributed by atoms with van der Waals surface area (Å²) < 4.78 is 11.0. The van der Waals surface area contributed by atoms with Gasteiger partial charge in [-0.15, -0.1) is 0 Å². The first-order chi connectivity index (χ1) is 14.5. The first-order valence-corrected chi connectivity index (χ1v) is 11.0. The molecular weight excluding hydrogens is 396 g/mol. The number of benzene rings is 2. The van der Waals surface area contributed by atoms with Crippen LogP contribution < -0.4 is 9.47 Å². The van der Waals surface area contributed by atoms with Crippen LogP contribution in [-0.2, 0) is 4.79 Å². The lowest BCUT2D eigenvalue weighted by molar-refractivity contribution is -0.123. The van der Waals surface area contributed by atoms with E-state index in [-0.39, 0.29) is 11.9 Å². The molecule has 3 rings (SSSR count). The van der Waals surface area contributed by atoms with Crippen LogP contribution in [0, 0.1) is 6.92 Å². The van der Waals surface area contributed by atoms with Gasteiger partial charge in [-0.3, -0.25) is 9.69 Å². The summed E-state index contributed by atoms with van der Waals surface area (Å²) in [4.78, 5) is 20.4. The summed E-state index contributed by atoms with van der Waals surface area (Å²) in [6, 6.07) is 13.7. The molecule has 1 aliphatic heterocycles. The predicted octanol–water partition coefficient (Wildman–Crippen LogP) is 5.80. The van der Waals surface area contributed by atoms with Crippen molar-refractivity contribution < 1.29 is 14.3 Å². The average molecular weight is 425 g/mol. The number of amides is 1. The minimum atomic E-state index is -0.0203. The van der Waals surface area contributed by atoms with E-state index < -0.39 is 0 Å². The number of amidine groups is 1. The molecule has 0 aromatic heterocycles. The topological polar surface area (TPSA) is 51.1 Å². The van der Waals surface area contributed by atoms with Crippen LogP contribution in [0.25, 0.3) is 6.08 Å². The van der Waals surface area contributed by atoms with Crippen molar-refractivity contribution in [1.82, 2.24) is 4.90 Å². The van der Waals surface area contributed by atoms with Gasteiger partial charge in [-0.25, -0.2) is 4.99 Å². The minimum absolute atomic E-state index is 0.0203. The van der Waals surface area contributed by atoms with E-state index in [9.17, 15) is 4.79 Å². The summed E-state index contributed by atoms with van der Waals surface area (Å²) in [6.07, 6.45) is 2.74. The predicted molar refractivity (Wildman–Crippen MR) is 125 cm³/mol. The van der Waals surface area contributed by atoms with Gasteiger partial charge >= 0.3 is 0 Å². The van der Waals surface area contributed by atoms with Crippen LogP contribution in [0.5, 0.6) is 11.5 Å². The van der Waals surface area contributed by atoms with Gasteiger partial charge in [0.05, 0.1) is 24.3 Å². The number of thioether (sulfide) groups is 1. The molecule has 6 heteroatoms. The van der Waals surface area contributed by atoms with Crippen molar-refractivity contribution in [3.05, 3.63) is 58.5 Å². The molecule has 0 radical (unpaired) electrons. The molecule has 5 nitrogen and oxygen atoms in total. The molecular formula is C24H28N2O3S. The van der Waals surface area contributed by atoms with Gasteiger partial charge in [0.1, 0.15) is 0 Å². The van der Waals surface area contributed by atoms with Crippen LogP contribution in [0.2, 0.25) is 0 Å². The largest absolute Gasteiger partial charge is 0.493 e. The van der Waals surface area contributed by atoms with Crippen LogP contribution in [0.1, 0.15) is 38.3 Å². The highest BCUT2D eigenvalue weighted by atomic mass is 32.2.